The summed E-state index contributed by atoms with van der Waals surface area (Å²) in [5, 5.41) is 3.82. The maximum Gasteiger partial charge on any atom is 0.0694 e. The van der Waals surface area contributed by atoms with E-state index in [1.54, 1.807) is 0 Å². The Labute approximate surface area is 116 Å². The molecular weight excluding hydrogens is 234 g/mol. The number of aryl methyl sites for hydroxylation is 3. The minimum atomic E-state index is 0.241. The Morgan fingerprint density at radius 1 is 1.16 bits per heavy atom. The van der Waals surface area contributed by atoms with Gasteiger partial charge in [-0.3, -0.25) is 0 Å². The summed E-state index contributed by atoms with van der Waals surface area (Å²) < 4.78 is 5.87. The zero-order valence-corrected chi connectivity index (χ0v) is 12.7. The van der Waals surface area contributed by atoms with E-state index in [1.165, 1.54) is 28.8 Å². The minimum Gasteiger partial charge on any atom is -0.381 e. The van der Waals surface area contributed by atoms with Crippen molar-refractivity contribution < 1.29 is 4.74 Å². The van der Waals surface area contributed by atoms with Crippen molar-refractivity contribution >= 4 is 5.69 Å². The molecule has 1 aliphatic heterocycles. The molecule has 1 N–H and O–H groups in total. The normalized spacial score (nSPS) is 31.7. The Bertz CT molecular complexity index is 483. The molecule has 0 radical (unpaired) electrons. The van der Waals surface area contributed by atoms with Crippen molar-refractivity contribution in [2.75, 3.05) is 11.9 Å². The quantitative estimate of drug-likeness (QED) is 0.871. The third-order valence-electron chi connectivity index (χ3n) is 5.08. The Hall–Kier alpha value is -1.02. The van der Waals surface area contributed by atoms with Gasteiger partial charge in [0.25, 0.3) is 0 Å². The third-order valence-corrected chi connectivity index (χ3v) is 5.08. The van der Waals surface area contributed by atoms with Gasteiger partial charge in [0, 0.05) is 29.7 Å². The minimum absolute atomic E-state index is 0.241. The van der Waals surface area contributed by atoms with Gasteiger partial charge in [-0.15, -0.1) is 0 Å². The molecule has 0 amide bonds. The van der Waals surface area contributed by atoms with Gasteiger partial charge in [0.05, 0.1) is 6.10 Å². The fraction of sp³-hybridized carbons (Fsp3) is 0.647. The van der Waals surface area contributed by atoms with Crippen LogP contribution < -0.4 is 5.32 Å². The summed E-state index contributed by atoms with van der Waals surface area (Å²) in [7, 11) is 0. The van der Waals surface area contributed by atoms with E-state index in [1.807, 2.05) is 0 Å². The smallest absolute Gasteiger partial charge is 0.0694 e. The number of hydrogen-bond acceptors (Lipinski definition) is 2. The molecule has 2 nitrogen and oxygen atoms in total. The van der Waals surface area contributed by atoms with E-state index < -0.39 is 0 Å². The first kappa shape index (κ1) is 13.0. The van der Waals surface area contributed by atoms with E-state index in [9.17, 15) is 0 Å². The predicted octanol–water partition coefficient (Wildman–Crippen LogP) is 3.84. The van der Waals surface area contributed by atoms with Gasteiger partial charge in [-0.2, -0.15) is 0 Å². The zero-order chi connectivity index (χ0) is 13.8. The summed E-state index contributed by atoms with van der Waals surface area (Å²) in [6, 6.07) is 5.08. The van der Waals surface area contributed by atoms with Crippen LogP contribution in [-0.2, 0) is 4.74 Å². The molecule has 2 fully saturated rings. The van der Waals surface area contributed by atoms with E-state index in [0.717, 1.165) is 6.61 Å². The fourth-order valence-corrected chi connectivity index (χ4v) is 4.18. The van der Waals surface area contributed by atoms with Crippen LogP contribution in [-0.4, -0.2) is 18.8 Å². The van der Waals surface area contributed by atoms with Crippen molar-refractivity contribution in [3.63, 3.8) is 0 Å². The Morgan fingerprint density at radius 3 is 2.42 bits per heavy atom. The summed E-state index contributed by atoms with van der Waals surface area (Å²) in [4.78, 5) is 0. The molecule has 0 spiro atoms. The first-order valence-corrected chi connectivity index (χ1v) is 7.37. The van der Waals surface area contributed by atoms with Crippen LogP contribution in [0, 0.1) is 32.1 Å². The Morgan fingerprint density at radius 2 is 1.79 bits per heavy atom. The van der Waals surface area contributed by atoms with E-state index in [-0.39, 0.29) is 5.41 Å². The van der Waals surface area contributed by atoms with Gasteiger partial charge in [-0.1, -0.05) is 31.5 Å². The summed E-state index contributed by atoms with van der Waals surface area (Å²) in [5.41, 5.74) is 5.63. The zero-order valence-electron chi connectivity index (χ0n) is 12.7. The Kier molecular flexibility index (Phi) is 2.90. The highest BCUT2D eigenvalue weighted by atomic mass is 16.5. The van der Waals surface area contributed by atoms with E-state index in [2.05, 4.69) is 52.1 Å². The molecule has 1 aliphatic carbocycles. The van der Waals surface area contributed by atoms with Gasteiger partial charge < -0.3 is 10.1 Å². The molecule has 2 heteroatoms. The van der Waals surface area contributed by atoms with Gasteiger partial charge in [-0.25, -0.2) is 0 Å². The van der Waals surface area contributed by atoms with Crippen LogP contribution in [0.2, 0.25) is 0 Å². The number of ether oxygens (including phenoxy) is 1. The number of anilines is 1. The van der Waals surface area contributed by atoms with Crippen LogP contribution in [0.15, 0.2) is 12.1 Å². The number of hydrogen-bond donors (Lipinski definition) is 1. The first-order valence-electron chi connectivity index (χ1n) is 7.37. The lowest BCUT2D eigenvalue weighted by Crippen LogP contribution is -2.63. The molecule has 19 heavy (non-hydrogen) atoms. The lowest BCUT2D eigenvalue weighted by Gasteiger charge is -2.55. The van der Waals surface area contributed by atoms with Crippen LogP contribution in [0.4, 0.5) is 5.69 Å². The van der Waals surface area contributed by atoms with Crippen LogP contribution in [0.25, 0.3) is 0 Å². The van der Waals surface area contributed by atoms with E-state index >= 15 is 0 Å². The van der Waals surface area contributed by atoms with Crippen LogP contribution in [0.5, 0.6) is 0 Å². The van der Waals surface area contributed by atoms with Gasteiger partial charge in [-0.05, 0) is 38.3 Å². The van der Waals surface area contributed by atoms with E-state index in [0.29, 0.717) is 18.1 Å². The molecule has 1 heterocycles. The van der Waals surface area contributed by atoms with Gasteiger partial charge in [0.2, 0.25) is 0 Å². The third kappa shape index (κ3) is 1.88. The van der Waals surface area contributed by atoms with Crippen LogP contribution >= 0.6 is 0 Å². The molecule has 1 saturated carbocycles. The summed E-state index contributed by atoms with van der Waals surface area (Å²) in [5.74, 6) is 0.690. The van der Waals surface area contributed by atoms with E-state index in [4.69, 9.17) is 4.74 Å². The first-order chi connectivity index (χ1) is 8.91. The average Bonchev–Trinajstić information content (AvgIpc) is 2.74. The van der Waals surface area contributed by atoms with Crippen molar-refractivity contribution in [2.45, 2.75) is 53.2 Å². The maximum absolute atomic E-state index is 5.87. The van der Waals surface area contributed by atoms with Gasteiger partial charge >= 0.3 is 0 Å². The highest BCUT2D eigenvalue weighted by Gasteiger charge is 2.59. The molecule has 3 unspecified atom stereocenters. The summed E-state index contributed by atoms with van der Waals surface area (Å²) in [6.07, 6.45) is 1.66. The van der Waals surface area contributed by atoms with Crippen LogP contribution in [0.1, 0.15) is 37.0 Å². The number of nitrogens with one attached hydrogen (secondary N) is 1. The lowest BCUT2D eigenvalue weighted by molar-refractivity contribution is -0.0923. The summed E-state index contributed by atoms with van der Waals surface area (Å²) in [6.45, 7) is 12.2. The maximum atomic E-state index is 5.87. The number of rotatable bonds is 2. The number of fused-ring (bicyclic) bond motifs is 1. The second-order valence-electron chi connectivity index (χ2n) is 6.96. The van der Waals surface area contributed by atoms with Crippen LogP contribution in [0.3, 0.4) is 0 Å². The fourth-order valence-electron chi connectivity index (χ4n) is 4.18. The molecule has 1 aromatic rings. The molecule has 3 rings (SSSR count). The standard InChI is InChI=1S/C17H25NO/c1-10-8-11(2)14(12(3)9-10)18-15-13-6-7-19-16(13)17(15,4)5/h8-9,13,15-16,18H,6-7H2,1-5H3. The molecule has 2 aliphatic rings. The van der Waals surface area contributed by atoms with Gasteiger partial charge in [0.15, 0.2) is 0 Å². The topological polar surface area (TPSA) is 21.3 Å². The second-order valence-corrected chi connectivity index (χ2v) is 6.96. The molecule has 104 valence electrons. The van der Waals surface area contributed by atoms with Crippen molar-refractivity contribution in [3.8, 4) is 0 Å². The molecule has 0 aromatic heterocycles. The van der Waals surface area contributed by atoms with Crippen molar-refractivity contribution in [3.05, 3.63) is 28.8 Å². The number of benzene rings is 1. The second kappa shape index (κ2) is 4.24. The van der Waals surface area contributed by atoms with Crippen molar-refractivity contribution in [1.29, 1.82) is 0 Å². The lowest BCUT2D eigenvalue weighted by atomic mass is 9.57. The molecule has 0 bridgehead atoms. The van der Waals surface area contributed by atoms with Crippen molar-refractivity contribution in [2.24, 2.45) is 11.3 Å². The molecule has 3 atom stereocenters. The molecule has 1 aromatic carbocycles. The predicted molar refractivity (Wildman–Crippen MR) is 79.7 cm³/mol. The largest absolute Gasteiger partial charge is 0.381 e. The monoisotopic (exact) mass is 259 g/mol. The van der Waals surface area contributed by atoms with Gasteiger partial charge in [0.1, 0.15) is 0 Å². The molecular formula is C17H25NO. The SMILES string of the molecule is Cc1cc(C)c(NC2C3CCOC3C2(C)C)c(C)c1. The Balaban J connectivity index is 1.86. The molecule has 1 saturated heterocycles. The highest BCUT2D eigenvalue weighted by molar-refractivity contribution is 5.59. The van der Waals surface area contributed by atoms with Crippen molar-refractivity contribution in [1.82, 2.24) is 0 Å². The highest BCUT2D eigenvalue weighted by Crippen LogP contribution is 2.53. The average molecular weight is 259 g/mol. The summed E-state index contributed by atoms with van der Waals surface area (Å²) >= 11 is 0.